The Kier molecular flexibility index (Phi) is 4.53. The first-order chi connectivity index (χ1) is 12.2. The summed E-state index contributed by atoms with van der Waals surface area (Å²) < 4.78 is 6.70. The lowest BCUT2D eigenvalue weighted by Crippen LogP contribution is -2.16. The summed E-state index contributed by atoms with van der Waals surface area (Å²) in [6.07, 6.45) is 0. The monoisotopic (exact) mass is 369 g/mol. The average Bonchev–Trinajstić information content (AvgIpc) is 3.21. The maximum atomic E-state index is 6.02. The Morgan fingerprint density at radius 2 is 1.96 bits per heavy atom. The highest BCUT2D eigenvalue weighted by atomic mass is 35.5. The standard InChI is InChI=1S/C19H16ClN3OS/c1-23(11-16-10-13-5-2-3-8-17(13)25-16)12-18-21-19(22-24-18)14-6-4-7-15(20)9-14/h2-10H,11-12H2,1H3. The van der Waals surface area contributed by atoms with Gasteiger partial charge in [-0.15, -0.1) is 11.3 Å². The molecule has 2 aromatic heterocycles. The van der Waals surface area contributed by atoms with Gasteiger partial charge in [-0.2, -0.15) is 4.98 Å². The molecule has 2 heterocycles. The SMILES string of the molecule is CN(Cc1nc(-c2cccc(Cl)c2)no1)Cc1cc2ccccc2s1. The lowest BCUT2D eigenvalue weighted by Gasteiger charge is -2.12. The zero-order chi connectivity index (χ0) is 17.2. The number of nitrogens with zero attached hydrogens (tertiary/aromatic N) is 3. The van der Waals surface area contributed by atoms with E-state index in [0.717, 1.165) is 12.1 Å². The molecule has 126 valence electrons. The van der Waals surface area contributed by atoms with Gasteiger partial charge in [-0.3, -0.25) is 4.90 Å². The van der Waals surface area contributed by atoms with Crippen molar-refractivity contribution in [3.8, 4) is 11.4 Å². The fourth-order valence-electron chi connectivity index (χ4n) is 2.73. The molecule has 0 N–H and O–H groups in total. The predicted molar refractivity (Wildman–Crippen MR) is 102 cm³/mol. The third kappa shape index (κ3) is 3.74. The van der Waals surface area contributed by atoms with Crippen molar-refractivity contribution in [1.82, 2.24) is 15.0 Å². The molecule has 0 amide bonds. The molecule has 0 radical (unpaired) electrons. The van der Waals surface area contributed by atoms with Crippen LogP contribution < -0.4 is 0 Å². The maximum absolute atomic E-state index is 6.02. The maximum Gasteiger partial charge on any atom is 0.241 e. The van der Waals surface area contributed by atoms with Crippen molar-refractivity contribution < 1.29 is 4.52 Å². The Bertz CT molecular complexity index is 978. The van der Waals surface area contributed by atoms with Gasteiger partial charge in [-0.1, -0.05) is 47.1 Å². The van der Waals surface area contributed by atoms with Crippen molar-refractivity contribution >= 4 is 33.0 Å². The molecule has 0 aliphatic rings. The van der Waals surface area contributed by atoms with Crippen LogP contribution in [0.25, 0.3) is 21.5 Å². The number of rotatable bonds is 5. The number of hydrogen-bond acceptors (Lipinski definition) is 5. The Morgan fingerprint density at radius 3 is 2.80 bits per heavy atom. The first-order valence-electron chi connectivity index (χ1n) is 7.92. The van der Waals surface area contributed by atoms with Crippen LogP contribution in [0.3, 0.4) is 0 Å². The molecule has 4 aromatic rings. The van der Waals surface area contributed by atoms with E-state index in [2.05, 4.69) is 45.4 Å². The fourth-order valence-corrected chi connectivity index (χ4v) is 4.07. The molecule has 4 rings (SSSR count). The number of halogens is 1. The van der Waals surface area contributed by atoms with Crippen LogP contribution in [0.4, 0.5) is 0 Å². The van der Waals surface area contributed by atoms with E-state index in [1.54, 1.807) is 0 Å². The summed E-state index contributed by atoms with van der Waals surface area (Å²) in [5.74, 6) is 1.16. The lowest BCUT2D eigenvalue weighted by atomic mass is 10.2. The van der Waals surface area contributed by atoms with Gasteiger partial charge in [0.1, 0.15) is 0 Å². The predicted octanol–water partition coefficient (Wildman–Crippen LogP) is 5.24. The van der Waals surface area contributed by atoms with E-state index >= 15 is 0 Å². The molecule has 4 nitrogen and oxygen atoms in total. The van der Waals surface area contributed by atoms with Crippen LogP contribution in [-0.2, 0) is 13.1 Å². The third-order valence-electron chi connectivity index (χ3n) is 3.86. The van der Waals surface area contributed by atoms with Crippen molar-refractivity contribution in [2.45, 2.75) is 13.1 Å². The molecular formula is C19H16ClN3OS. The van der Waals surface area contributed by atoms with E-state index in [1.165, 1.54) is 15.0 Å². The minimum Gasteiger partial charge on any atom is -0.338 e. The zero-order valence-corrected chi connectivity index (χ0v) is 15.2. The molecule has 0 fully saturated rings. The van der Waals surface area contributed by atoms with Crippen LogP contribution >= 0.6 is 22.9 Å². The summed E-state index contributed by atoms with van der Waals surface area (Å²) in [6, 6.07) is 18.1. The summed E-state index contributed by atoms with van der Waals surface area (Å²) in [5, 5.41) is 6.00. The molecule has 0 spiro atoms. The summed E-state index contributed by atoms with van der Waals surface area (Å²) in [7, 11) is 2.05. The molecule has 25 heavy (non-hydrogen) atoms. The van der Waals surface area contributed by atoms with Gasteiger partial charge in [0.05, 0.1) is 6.54 Å². The molecule has 6 heteroatoms. The van der Waals surface area contributed by atoms with Gasteiger partial charge < -0.3 is 4.52 Å². The largest absolute Gasteiger partial charge is 0.338 e. The summed E-state index contributed by atoms with van der Waals surface area (Å²) in [5.41, 5.74) is 0.856. The quantitative estimate of drug-likeness (QED) is 0.482. The normalized spacial score (nSPS) is 11.5. The first kappa shape index (κ1) is 16.3. The van der Waals surface area contributed by atoms with Crippen molar-refractivity contribution in [1.29, 1.82) is 0 Å². The smallest absolute Gasteiger partial charge is 0.241 e. The van der Waals surface area contributed by atoms with Gasteiger partial charge in [-0.25, -0.2) is 0 Å². The molecule has 0 aliphatic carbocycles. The van der Waals surface area contributed by atoms with E-state index in [4.69, 9.17) is 16.1 Å². The Labute approximate surface area is 154 Å². The van der Waals surface area contributed by atoms with E-state index in [-0.39, 0.29) is 0 Å². The second-order valence-electron chi connectivity index (χ2n) is 5.94. The third-order valence-corrected chi connectivity index (χ3v) is 5.19. The molecule has 0 unspecified atom stereocenters. The molecule has 0 bridgehead atoms. The van der Waals surface area contributed by atoms with Gasteiger partial charge in [-0.05, 0) is 36.7 Å². The molecule has 0 saturated carbocycles. The van der Waals surface area contributed by atoms with Gasteiger partial charge in [0.15, 0.2) is 0 Å². The van der Waals surface area contributed by atoms with Crippen LogP contribution in [0.5, 0.6) is 0 Å². The minimum absolute atomic E-state index is 0.563. The van der Waals surface area contributed by atoms with Crippen LogP contribution in [0, 0.1) is 0 Å². The summed E-state index contributed by atoms with van der Waals surface area (Å²) >= 11 is 7.83. The van der Waals surface area contributed by atoms with E-state index < -0.39 is 0 Å². The first-order valence-corrected chi connectivity index (χ1v) is 9.11. The molecule has 0 saturated heterocycles. The van der Waals surface area contributed by atoms with E-state index in [0.29, 0.717) is 23.3 Å². The number of hydrogen-bond donors (Lipinski definition) is 0. The summed E-state index contributed by atoms with van der Waals surface area (Å²) in [6.45, 7) is 1.44. The van der Waals surface area contributed by atoms with Crippen LogP contribution in [0.15, 0.2) is 59.1 Å². The minimum atomic E-state index is 0.563. The number of fused-ring (bicyclic) bond motifs is 1. The molecular weight excluding hydrogens is 354 g/mol. The zero-order valence-electron chi connectivity index (χ0n) is 13.6. The molecule has 2 aromatic carbocycles. The Balaban J connectivity index is 1.45. The van der Waals surface area contributed by atoms with Crippen molar-refractivity contribution in [2.24, 2.45) is 0 Å². The van der Waals surface area contributed by atoms with Crippen molar-refractivity contribution in [2.75, 3.05) is 7.05 Å². The highest BCUT2D eigenvalue weighted by molar-refractivity contribution is 7.19. The van der Waals surface area contributed by atoms with Crippen LogP contribution in [-0.4, -0.2) is 22.1 Å². The summed E-state index contributed by atoms with van der Waals surface area (Å²) in [4.78, 5) is 7.96. The average molecular weight is 370 g/mol. The van der Waals surface area contributed by atoms with Gasteiger partial charge in [0.2, 0.25) is 11.7 Å². The second kappa shape index (κ2) is 6.96. The topological polar surface area (TPSA) is 42.2 Å². The van der Waals surface area contributed by atoms with Gasteiger partial charge >= 0.3 is 0 Å². The van der Waals surface area contributed by atoms with E-state index in [1.807, 2.05) is 42.6 Å². The second-order valence-corrected chi connectivity index (χ2v) is 7.55. The lowest BCUT2D eigenvalue weighted by molar-refractivity contribution is 0.262. The highest BCUT2D eigenvalue weighted by Crippen LogP contribution is 2.26. The van der Waals surface area contributed by atoms with Crippen LogP contribution in [0.1, 0.15) is 10.8 Å². The van der Waals surface area contributed by atoms with Crippen molar-refractivity contribution in [3.63, 3.8) is 0 Å². The van der Waals surface area contributed by atoms with Crippen molar-refractivity contribution in [3.05, 3.63) is 70.4 Å². The molecule has 0 aliphatic heterocycles. The number of aromatic nitrogens is 2. The van der Waals surface area contributed by atoms with Gasteiger partial charge in [0, 0.05) is 26.7 Å². The van der Waals surface area contributed by atoms with Crippen LogP contribution in [0.2, 0.25) is 5.02 Å². The Hall–Kier alpha value is -2.21. The van der Waals surface area contributed by atoms with Gasteiger partial charge in [0.25, 0.3) is 0 Å². The van der Waals surface area contributed by atoms with E-state index in [9.17, 15) is 0 Å². The number of benzene rings is 2. The highest BCUT2D eigenvalue weighted by Gasteiger charge is 2.12. The number of thiophene rings is 1. The molecule has 0 atom stereocenters. The Morgan fingerprint density at radius 1 is 1.08 bits per heavy atom. The fraction of sp³-hybridized carbons (Fsp3) is 0.158.